The highest BCUT2D eigenvalue weighted by atomic mass is 79.9. The van der Waals surface area contributed by atoms with Gasteiger partial charge in [0.2, 0.25) is 0 Å². The summed E-state index contributed by atoms with van der Waals surface area (Å²) in [6, 6.07) is 15.9. The fourth-order valence-corrected chi connectivity index (χ4v) is 8.36. The van der Waals surface area contributed by atoms with Crippen molar-refractivity contribution < 1.29 is 26.3 Å². The summed E-state index contributed by atoms with van der Waals surface area (Å²) in [5.74, 6) is 0. The zero-order valence-electron chi connectivity index (χ0n) is 18.9. The third kappa shape index (κ3) is 6.58. The minimum Gasteiger partial charge on any atom is -0.367 e. The summed E-state index contributed by atoms with van der Waals surface area (Å²) in [6.45, 7) is 2.60. The van der Waals surface area contributed by atoms with E-state index in [9.17, 15) is 21.6 Å². The standard InChI is InChI=1S/C24H23Br2F3N2O3S2/c25-20-16-21(35-23(20)26)36(32,33)31-11-9-30(10-12-31)13-14-34-22(17-5-2-1-3-6-17)18-7-4-8-19(15-18)24(27,28)29/h1-8,15-16,22H,9-14H2/t22-/m1/s1. The molecule has 1 aromatic heterocycles. The molecule has 4 rings (SSSR count). The van der Waals surface area contributed by atoms with Crippen LogP contribution in [0, 0.1) is 0 Å². The molecule has 1 fully saturated rings. The van der Waals surface area contributed by atoms with E-state index in [4.69, 9.17) is 4.74 Å². The first-order valence-electron chi connectivity index (χ1n) is 11.1. The second-order valence-electron chi connectivity index (χ2n) is 8.22. The molecular weight excluding hydrogens is 645 g/mol. The van der Waals surface area contributed by atoms with E-state index in [1.165, 1.54) is 21.7 Å². The predicted molar refractivity (Wildman–Crippen MR) is 141 cm³/mol. The third-order valence-corrected chi connectivity index (χ3v) is 11.5. The summed E-state index contributed by atoms with van der Waals surface area (Å²) in [7, 11) is -3.57. The first-order valence-corrected chi connectivity index (χ1v) is 14.9. The van der Waals surface area contributed by atoms with E-state index in [1.807, 2.05) is 30.3 Å². The summed E-state index contributed by atoms with van der Waals surface area (Å²) in [5.41, 5.74) is 0.480. The number of thiophene rings is 1. The van der Waals surface area contributed by atoms with Gasteiger partial charge in [0.05, 0.1) is 16.0 Å². The van der Waals surface area contributed by atoms with E-state index in [2.05, 4.69) is 36.8 Å². The molecule has 12 heteroatoms. The summed E-state index contributed by atoms with van der Waals surface area (Å²) in [6.07, 6.45) is -5.09. The Bertz CT molecular complexity index is 1260. The van der Waals surface area contributed by atoms with Crippen LogP contribution < -0.4 is 0 Å². The summed E-state index contributed by atoms with van der Waals surface area (Å²) < 4.78 is 75.0. The molecule has 0 radical (unpaired) electrons. The van der Waals surface area contributed by atoms with Gasteiger partial charge in [0.25, 0.3) is 10.0 Å². The zero-order chi connectivity index (χ0) is 25.9. The zero-order valence-corrected chi connectivity index (χ0v) is 23.7. The van der Waals surface area contributed by atoms with Gasteiger partial charge in [-0.05, 0) is 61.2 Å². The highest BCUT2D eigenvalue weighted by Crippen LogP contribution is 2.36. The van der Waals surface area contributed by atoms with E-state index in [1.54, 1.807) is 12.1 Å². The van der Waals surface area contributed by atoms with Crippen LogP contribution in [0.3, 0.4) is 0 Å². The van der Waals surface area contributed by atoms with Crippen molar-refractivity contribution in [3.63, 3.8) is 0 Å². The van der Waals surface area contributed by atoms with Crippen LogP contribution in [0.4, 0.5) is 13.2 Å². The van der Waals surface area contributed by atoms with Gasteiger partial charge in [-0.3, -0.25) is 4.90 Å². The van der Waals surface area contributed by atoms with Crippen LogP contribution in [0.15, 0.2) is 73.1 Å². The maximum Gasteiger partial charge on any atom is 0.416 e. The summed E-state index contributed by atoms with van der Waals surface area (Å²) in [4.78, 5) is 2.10. The highest BCUT2D eigenvalue weighted by Gasteiger charge is 2.32. The molecule has 0 bridgehead atoms. The van der Waals surface area contributed by atoms with E-state index >= 15 is 0 Å². The molecule has 0 spiro atoms. The maximum absolute atomic E-state index is 13.3. The van der Waals surface area contributed by atoms with Gasteiger partial charge in [0.1, 0.15) is 10.3 Å². The minimum atomic E-state index is -4.44. The third-order valence-electron chi connectivity index (χ3n) is 5.86. The lowest BCUT2D eigenvalue weighted by atomic mass is 9.99. The minimum absolute atomic E-state index is 0.282. The molecule has 0 amide bonds. The Balaban J connectivity index is 1.38. The molecule has 5 nitrogen and oxygen atoms in total. The molecule has 0 N–H and O–H groups in total. The van der Waals surface area contributed by atoms with Crippen molar-refractivity contribution in [1.82, 2.24) is 9.21 Å². The number of piperazine rings is 1. The van der Waals surface area contributed by atoms with Crippen molar-refractivity contribution in [2.24, 2.45) is 0 Å². The SMILES string of the molecule is O=S(=O)(c1cc(Br)c(Br)s1)N1CCN(CCO[C@H](c2ccccc2)c2cccc(C(F)(F)F)c2)CC1. The quantitative estimate of drug-likeness (QED) is 0.279. The van der Waals surface area contributed by atoms with Crippen molar-refractivity contribution in [3.05, 3.63) is 85.6 Å². The van der Waals surface area contributed by atoms with Gasteiger partial charge >= 0.3 is 6.18 Å². The molecule has 1 atom stereocenters. The van der Waals surface area contributed by atoms with Crippen molar-refractivity contribution in [1.29, 1.82) is 0 Å². The number of nitrogens with zero attached hydrogens (tertiary/aromatic N) is 2. The first kappa shape index (κ1) is 27.7. The smallest absolute Gasteiger partial charge is 0.367 e. The topological polar surface area (TPSA) is 49.9 Å². The van der Waals surface area contributed by atoms with Gasteiger partial charge < -0.3 is 4.74 Å². The molecule has 0 aliphatic carbocycles. The first-order chi connectivity index (χ1) is 17.1. The van der Waals surface area contributed by atoms with Crippen molar-refractivity contribution >= 4 is 53.2 Å². The van der Waals surface area contributed by atoms with Gasteiger partial charge in [-0.25, -0.2) is 8.42 Å². The molecule has 0 unspecified atom stereocenters. The Kier molecular flexibility index (Phi) is 8.96. The molecule has 1 aliphatic heterocycles. The van der Waals surface area contributed by atoms with Crippen LogP contribution in [0.5, 0.6) is 0 Å². The average molecular weight is 668 g/mol. The monoisotopic (exact) mass is 666 g/mol. The lowest BCUT2D eigenvalue weighted by Gasteiger charge is -2.34. The number of benzene rings is 2. The van der Waals surface area contributed by atoms with Crippen molar-refractivity contribution in [2.75, 3.05) is 39.3 Å². The van der Waals surface area contributed by atoms with Gasteiger partial charge in [-0.1, -0.05) is 42.5 Å². The normalized spacial score (nSPS) is 16.8. The molecule has 0 saturated carbocycles. The molecule has 1 saturated heterocycles. The number of hydrogen-bond donors (Lipinski definition) is 0. The molecule has 2 aromatic carbocycles. The van der Waals surface area contributed by atoms with Crippen LogP contribution in [-0.2, 0) is 20.9 Å². The van der Waals surface area contributed by atoms with Crippen molar-refractivity contribution in [3.8, 4) is 0 Å². The Morgan fingerprint density at radius 3 is 2.22 bits per heavy atom. The largest absolute Gasteiger partial charge is 0.416 e. The van der Waals surface area contributed by atoms with E-state index < -0.39 is 27.9 Å². The van der Waals surface area contributed by atoms with Gasteiger partial charge in [-0.15, -0.1) is 11.3 Å². The Morgan fingerprint density at radius 1 is 0.944 bits per heavy atom. The van der Waals surface area contributed by atoms with Crippen LogP contribution in [0.2, 0.25) is 0 Å². The highest BCUT2D eigenvalue weighted by molar-refractivity contribution is 9.13. The van der Waals surface area contributed by atoms with E-state index in [-0.39, 0.29) is 10.8 Å². The number of halogens is 5. The fraction of sp³-hybridized carbons (Fsp3) is 0.333. The number of sulfonamides is 1. The van der Waals surface area contributed by atoms with Gasteiger partial charge in [-0.2, -0.15) is 17.5 Å². The second-order valence-corrected chi connectivity index (χ2v) is 13.6. The Morgan fingerprint density at radius 2 is 1.61 bits per heavy atom. The number of ether oxygens (including phenoxy) is 1. The maximum atomic E-state index is 13.3. The van der Waals surface area contributed by atoms with Crippen molar-refractivity contribution in [2.45, 2.75) is 16.5 Å². The lowest BCUT2D eigenvalue weighted by Crippen LogP contribution is -2.49. The van der Waals surface area contributed by atoms with Crippen LogP contribution in [-0.4, -0.2) is 57.0 Å². The predicted octanol–water partition coefficient (Wildman–Crippen LogP) is 6.40. The molecule has 2 heterocycles. The van der Waals surface area contributed by atoms with E-state index in [0.717, 1.165) is 21.5 Å². The van der Waals surface area contributed by atoms with Crippen LogP contribution in [0.25, 0.3) is 0 Å². The molecule has 36 heavy (non-hydrogen) atoms. The van der Waals surface area contributed by atoms with E-state index in [0.29, 0.717) is 42.8 Å². The molecule has 194 valence electrons. The lowest BCUT2D eigenvalue weighted by molar-refractivity contribution is -0.137. The molecule has 3 aromatic rings. The molecule has 1 aliphatic rings. The van der Waals surface area contributed by atoms with Gasteiger partial charge in [0.15, 0.2) is 0 Å². The second kappa shape index (κ2) is 11.6. The average Bonchev–Trinajstić information content (AvgIpc) is 3.21. The van der Waals surface area contributed by atoms with Crippen LogP contribution in [0.1, 0.15) is 22.8 Å². The number of alkyl halides is 3. The Hall–Kier alpha value is -1.28. The van der Waals surface area contributed by atoms with Crippen LogP contribution >= 0.6 is 43.2 Å². The number of hydrogen-bond acceptors (Lipinski definition) is 5. The summed E-state index contributed by atoms with van der Waals surface area (Å²) >= 11 is 7.84. The number of rotatable bonds is 8. The molecular formula is C24H23Br2F3N2O3S2. The Labute approximate surface area is 229 Å². The summed E-state index contributed by atoms with van der Waals surface area (Å²) in [5, 5.41) is 0. The fourth-order valence-electron chi connectivity index (χ4n) is 3.97. The van der Waals surface area contributed by atoms with Gasteiger partial charge in [0, 0.05) is 37.2 Å².